The Kier molecular flexibility index (Phi) is 13.3. The molecule has 2 aromatic carbocycles. The van der Waals surface area contributed by atoms with Crippen LogP contribution >= 0.6 is 12.2 Å². The summed E-state index contributed by atoms with van der Waals surface area (Å²) in [7, 11) is 1.50. The fourth-order valence-corrected chi connectivity index (χ4v) is 5.94. The minimum Gasteiger partial charge on any atom is -0.507 e. The number of phenols is 1. The van der Waals surface area contributed by atoms with Crippen molar-refractivity contribution in [2.45, 2.75) is 70.8 Å². The van der Waals surface area contributed by atoms with Crippen molar-refractivity contribution >= 4 is 41.0 Å². The number of methoxy groups -OCH3 is 1. The number of carbonyl (C=O) groups excluding carboxylic acids is 1. The van der Waals surface area contributed by atoms with Gasteiger partial charge >= 0.3 is 5.97 Å². The van der Waals surface area contributed by atoms with Crippen molar-refractivity contribution in [3.63, 3.8) is 0 Å². The van der Waals surface area contributed by atoms with Gasteiger partial charge in [-0.25, -0.2) is 4.79 Å². The lowest BCUT2D eigenvalue weighted by atomic mass is 9.87. The number of rotatable bonds is 17. The molecule has 1 heterocycles. The molecule has 0 saturated carbocycles. The van der Waals surface area contributed by atoms with Crippen LogP contribution in [0.3, 0.4) is 0 Å². The van der Waals surface area contributed by atoms with Gasteiger partial charge in [-0.1, -0.05) is 68.1 Å². The maximum Gasteiger partial charge on any atom is 0.372 e. The van der Waals surface area contributed by atoms with Gasteiger partial charge < -0.3 is 29.2 Å². The Balaban J connectivity index is 1.46. The van der Waals surface area contributed by atoms with Crippen LogP contribution in [0.1, 0.15) is 102 Å². The van der Waals surface area contributed by atoms with Crippen LogP contribution in [0.5, 0.6) is 17.2 Å². The largest absolute Gasteiger partial charge is 0.507 e. The molecule has 0 spiro atoms. The predicted octanol–water partition coefficient (Wildman–Crippen LogP) is 6.11. The van der Waals surface area contributed by atoms with Crippen molar-refractivity contribution < 1.29 is 38.8 Å². The third-order valence-corrected chi connectivity index (χ3v) is 8.56. The van der Waals surface area contributed by atoms with Crippen LogP contribution < -0.4 is 25.5 Å². The van der Waals surface area contributed by atoms with Gasteiger partial charge in [0.05, 0.1) is 36.2 Å². The molecule has 1 aromatic heterocycles. The summed E-state index contributed by atoms with van der Waals surface area (Å²) in [6.45, 7) is 3.90. The average molecular weight is 687 g/mol. The normalized spacial score (nSPS) is 13.8. The minimum atomic E-state index is -1.43. The summed E-state index contributed by atoms with van der Waals surface area (Å²) in [5, 5.41) is 32.4. The number of ketones is 1. The van der Waals surface area contributed by atoms with Gasteiger partial charge in [-0.05, 0) is 74.9 Å². The van der Waals surface area contributed by atoms with Gasteiger partial charge in [0.2, 0.25) is 5.76 Å². The number of fused-ring (bicyclic) bond motifs is 1. The lowest BCUT2D eigenvalue weighted by Gasteiger charge is -2.22. The number of aliphatic hydroxyl groups excluding tert-OH is 1. The Bertz CT molecular complexity index is 1940. The number of ether oxygens (including phenoxy) is 2. The Morgan fingerprint density at radius 1 is 1.12 bits per heavy atom. The van der Waals surface area contributed by atoms with Crippen molar-refractivity contribution in [2.24, 2.45) is 0 Å². The van der Waals surface area contributed by atoms with Crippen LogP contribution in [-0.2, 0) is 6.42 Å². The fourth-order valence-electron chi connectivity index (χ4n) is 5.75. The maximum atomic E-state index is 13.8. The first-order valence-corrected chi connectivity index (χ1v) is 16.8. The Morgan fingerprint density at radius 3 is 2.63 bits per heavy atom. The number of aromatic hydroxyl groups is 1. The number of carboxylic acids is 1. The summed E-state index contributed by atoms with van der Waals surface area (Å²) in [5.41, 5.74) is 0.799. The topological polar surface area (TPSA) is 144 Å². The van der Waals surface area contributed by atoms with E-state index in [-0.39, 0.29) is 27.7 Å². The molecule has 3 aromatic rings. The van der Waals surface area contributed by atoms with Crippen molar-refractivity contribution in [3.8, 4) is 17.2 Å². The standard InChI is InChI=1S/C39H42O9S/c1-4-13-29-32(20-19-28(24(2)40)36(29)42)47-21-11-9-7-5-6-8-10-16-31(35(41)25-14-12-15-26(22-25)46-3)34-37(43)30-18-17-27(49)23-33(30)48-38(34)39(44)45/h6,8,10,12,14-16,18-20,22-23,31,35,41-42H,4-5,7,9,11,13,17,21H2,1-3H3,(H,44,45)/b8-6-,16-10+/t31-,35-/m0/s1. The number of allylic oxidation sites excluding steroid dienone is 3. The second kappa shape index (κ2) is 17.6. The first-order valence-electron chi connectivity index (χ1n) is 16.4. The lowest BCUT2D eigenvalue weighted by molar-refractivity contribution is 0.0650. The minimum absolute atomic E-state index is 0.00328. The number of carboxylic acid groups (broad SMARTS) is 1. The molecule has 2 atom stereocenters. The smallest absolute Gasteiger partial charge is 0.372 e. The zero-order valence-corrected chi connectivity index (χ0v) is 28.8. The fraction of sp³-hybridized carbons (Fsp3) is 0.333. The molecule has 49 heavy (non-hydrogen) atoms. The van der Waals surface area contributed by atoms with Crippen LogP contribution in [0, 0.1) is 0 Å². The van der Waals surface area contributed by atoms with Gasteiger partial charge in [0.15, 0.2) is 11.2 Å². The number of aromatic carboxylic acids is 1. The van der Waals surface area contributed by atoms with Gasteiger partial charge in [0.1, 0.15) is 22.7 Å². The molecule has 0 amide bonds. The van der Waals surface area contributed by atoms with E-state index < -0.39 is 29.2 Å². The van der Waals surface area contributed by atoms with Gasteiger partial charge in [-0.2, -0.15) is 0 Å². The Hall–Kier alpha value is -4.80. The summed E-state index contributed by atoms with van der Waals surface area (Å²) < 4.78 is 17.0. The molecule has 0 aliphatic heterocycles. The van der Waals surface area contributed by atoms with Gasteiger partial charge in [-0.15, -0.1) is 0 Å². The lowest BCUT2D eigenvalue weighted by Crippen LogP contribution is -2.45. The molecule has 258 valence electrons. The number of carbonyl (C=O) groups is 2. The van der Waals surface area contributed by atoms with E-state index in [2.05, 4.69) is 0 Å². The first-order chi connectivity index (χ1) is 23.6. The molecule has 0 saturated heterocycles. The zero-order valence-electron chi connectivity index (χ0n) is 27.9. The van der Waals surface area contributed by atoms with Crippen molar-refractivity contribution in [2.75, 3.05) is 13.7 Å². The summed E-state index contributed by atoms with van der Waals surface area (Å²) in [6, 6.07) is 10.1. The quantitative estimate of drug-likeness (QED) is 0.0659. The van der Waals surface area contributed by atoms with Gasteiger partial charge in [-0.3, -0.25) is 9.59 Å². The van der Waals surface area contributed by atoms with E-state index in [1.165, 1.54) is 20.1 Å². The van der Waals surface area contributed by atoms with Gasteiger partial charge in [0.25, 0.3) is 0 Å². The van der Waals surface area contributed by atoms with Crippen LogP contribution in [0.15, 0.2) is 69.9 Å². The molecule has 10 heteroatoms. The molecule has 0 bridgehead atoms. The highest BCUT2D eigenvalue weighted by Gasteiger charge is 2.31. The van der Waals surface area contributed by atoms with Gasteiger partial charge in [0, 0.05) is 22.8 Å². The molecule has 9 nitrogen and oxygen atoms in total. The third kappa shape index (κ3) is 9.22. The van der Waals surface area contributed by atoms with E-state index in [1.54, 1.807) is 60.7 Å². The summed E-state index contributed by atoms with van der Waals surface area (Å²) >= 11 is 5.23. The van der Waals surface area contributed by atoms with Crippen LogP contribution in [0.4, 0.5) is 0 Å². The summed E-state index contributed by atoms with van der Waals surface area (Å²) in [4.78, 5) is 38.4. The van der Waals surface area contributed by atoms with E-state index in [0.29, 0.717) is 52.5 Å². The number of benzene rings is 2. The van der Waals surface area contributed by atoms with Crippen molar-refractivity contribution in [3.05, 3.63) is 110 Å². The van der Waals surface area contributed by atoms with E-state index in [4.69, 9.17) is 26.1 Å². The van der Waals surface area contributed by atoms with E-state index >= 15 is 0 Å². The number of phenolic OH excluding ortho intramolecular Hbond substituents is 1. The third-order valence-electron chi connectivity index (χ3n) is 8.27. The molecule has 4 rings (SSSR count). The number of unbranched alkanes of at least 4 members (excludes halogenated alkanes) is 3. The molecule has 0 unspecified atom stereocenters. The highest BCUT2D eigenvalue weighted by atomic mass is 32.1. The molecular formula is C39H42O9S. The maximum absolute atomic E-state index is 13.8. The second-order valence-electron chi connectivity index (χ2n) is 11.8. The summed E-state index contributed by atoms with van der Waals surface area (Å²) in [5.74, 6) is -2.12. The van der Waals surface area contributed by atoms with E-state index in [0.717, 1.165) is 32.1 Å². The van der Waals surface area contributed by atoms with E-state index in [1.807, 2.05) is 13.0 Å². The Morgan fingerprint density at radius 2 is 1.92 bits per heavy atom. The number of hydrogen-bond acceptors (Lipinski definition) is 9. The monoisotopic (exact) mass is 686 g/mol. The van der Waals surface area contributed by atoms with Crippen LogP contribution in [-0.4, -0.2) is 45.7 Å². The summed E-state index contributed by atoms with van der Waals surface area (Å²) in [6.07, 6.45) is 14.0. The number of aliphatic hydroxyl groups is 1. The number of thiocarbonyl (C=S) groups is 1. The average Bonchev–Trinajstić information content (AvgIpc) is 3.08. The predicted molar refractivity (Wildman–Crippen MR) is 192 cm³/mol. The Labute approximate surface area is 290 Å². The molecular weight excluding hydrogens is 644 g/mol. The first kappa shape index (κ1) is 37.0. The number of Topliss-reactive ketones (excluding diaryl/α,β-unsaturated/α-hetero) is 1. The molecule has 1 aliphatic rings. The van der Waals surface area contributed by atoms with Crippen LogP contribution in [0.25, 0.3) is 12.2 Å². The van der Waals surface area contributed by atoms with Crippen molar-refractivity contribution in [1.82, 2.24) is 0 Å². The molecule has 0 radical (unpaired) electrons. The second-order valence-corrected chi connectivity index (χ2v) is 12.3. The highest BCUT2D eigenvalue weighted by molar-refractivity contribution is 7.81. The molecule has 1 aliphatic carbocycles. The zero-order chi connectivity index (χ0) is 35.5. The van der Waals surface area contributed by atoms with Crippen molar-refractivity contribution in [1.29, 1.82) is 0 Å². The highest BCUT2D eigenvalue weighted by Crippen LogP contribution is 2.34. The SMILES string of the molecule is CCCc1c(OCCCCC/C=C\C=C\[C@@H](c2c(C(=O)O)oc3c(c2=O)=CCC(=S)C=3)[C@@H](O)c2cccc(OC)c2)ccc(C(C)=O)c1O. The van der Waals surface area contributed by atoms with E-state index in [9.17, 15) is 29.7 Å². The molecule has 3 N–H and O–H groups in total. The molecule has 0 fully saturated rings. The van der Waals surface area contributed by atoms with Crippen LogP contribution in [0.2, 0.25) is 0 Å². The number of hydrogen-bond donors (Lipinski definition) is 3.